The predicted octanol–water partition coefficient (Wildman–Crippen LogP) is 2.71. The Bertz CT molecular complexity index is 700. The number of sulfonamides is 1. The van der Waals surface area contributed by atoms with Crippen LogP contribution in [-0.2, 0) is 16.6 Å². The minimum absolute atomic E-state index is 0.114. The van der Waals surface area contributed by atoms with Gasteiger partial charge in [-0.05, 0) is 40.2 Å². The van der Waals surface area contributed by atoms with Crippen LogP contribution in [0.4, 0.5) is 10.1 Å². The van der Waals surface area contributed by atoms with Crippen LogP contribution in [0.1, 0.15) is 4.88 Å². The summed E-state index contributed by atoms with van der Waals surface area (Å²) in [5.74, 6) is -0.861. The maximum absolute atomic E-state index is 13.6. The molecule has 0 amide bonds. The van der Waals surface area contributed by atoms with Gasteiger partial charge in [-0.25, -0.2) is 17.5 Å². The topological polar surface area (TPSA) is 72.2 Å². The van der Waals surface area contributed by atoms with E-state index in [1.165, 1.54) is 17.4 Å². The van der Waals surface area contributed by atoms with Crippen LogP contribution < -0.4 is 10.5 Å². The molecule has 0 radical (unpaired) electrons. The van der Waals surface area contributed by atoms with Gasteiger partial charge in [0.2, 0.25) is 10.0 Å². The Hall–Kier alpha value is -0.960. The maximum atomic E-state index is 13.6. The molecule has 0 unspecified atom stereocenters. The molecule has 1 aromatic heterocycles. The highest BCUT2D eigenvalue weighted by Crippen LogP contribution is 2.21. The molecule has 0 atom stereocenters. The predicted molar refractivity (Wildman–Crippen MR) is 76.9 cm³/mol. The summed E-state index contributed by atoms with van der Waals surface area (Å²) in [6.45, 7) is 0.114. The zero-order valence-corrected chi connectivity index (χ0v) is 12.8. The fraction of sp³-hybridized carbons (Fsp3) is 0.0909. The lowest BCUT2D eigenvalue weighted by molar-refractivity contribution is 0.557. The Morgan fingerprint density at radius 1 is 1.37 bits per heavy atom. The van der Waals surface area contributed by atoms with Crippen LogP contribution >= 0.6 is 27.3 Å². The average molecular weight is 365 g/mol. The van der Waals surface area contributed by atoms with Gasteiger partial charge in [-0.2, -0.15) is 0 Å². The Kier molecular flexibility index (Phi) is 4.24. The van der Waals surface area contributed by atoms with Crippen molar-refractivity contribution in [2.45, 2.75) is 11.4 Å². The molecule has 0 aliphatic carbocycles. The van der Waals surface area contributed by atoms with Crippen molar-refractivity contribution in [3.05, 3.63) is 44.8 Å². The molecule has 0 spiro atoms. The molecule has 8 heteroatoms. The van der Waals surface area contributed by atoms with Crippen molar-refractivity contribution in [2.75, 3.05) is 5.73 Å². The first-order valence-electron chi connectivity index (χ1n) is 5.16. The van der Waals surface area contributed by atoms with Crippen molar-refractivity contribution in [2.24, 2.45) is 0 Å². The third-order valence-corrected chi connectivity index (χ3v) is 5.44. The lowest BCUT2D eigenvalue weighted by Gasteiger charge is -2.07. The summed E-state index contributed by atoms with van der Waals surface area (Å²) in [5, 5.41) is 1.84. The third kappa shape index (κ3) is 3.53. The number of benzene rings is 1. The molecule has 0 bridgehead atoms. The van der Waals surface area contributed by atoms with Crippen LogP contribution in [0, 0.1) is 5.82 Å². The van der Waals surface area contributed by atoms with E-state index >= 15 is 0 Å². The summed E-state index contributed by atoms with van der Waals surface area (Å²) >= 11 is 4.68. The second kappa shape index (κ2) is 5.58. The fourth-order valence-electron chi connectivity index (χ4n) is 1.43. The minimum Gasteiger partial charge on any atom is -0.399 e. The van der Waals surface area contributed by atoms with Crippen LogP contribution in [0.15, 0.2) is 39.0 Å². The Balaban J connectivity index is 2.18. The van der Waals surface area contributed by atoms with Gasteiger partial charge in [0.25, 0.3) is 0 Å². The second-order valence-electron chi connectivity index (χ2n) is 3.75. The number of nitrogens with one attached hydrogen (secondary N) is 1. The first kappa shape index (κ1) is 14.4. The Morgan fingerprint density at radius 3 is 2.68 bits per heavy atom. The molecule has 2 rings (SSSR count). The molecule has 4 nitrogen and oxygen atoms in total. The Labute approximate surface area is 122 Å². The van der Waals surface area contributed by atoms with Gasteiger partial charge in [-0.1, -0.05) is 0 Å². The highest BCUT2D eigenvalue weighted by Gasteiger charge is 2.19. The highest BCUT2D eigenvalue weighted by molar-refractivity contribution is 9.10. The highest BCUT2D eigenvalue weighted by atomic mass is 79.9. The lowest BCUT2D eigenvalue weighted by Crippen LogP contribution is -2.23. The van der Waals surface area contributed by atoms with Crippen LogP contribution in [0.5, 0.6) is 0 Å². The van der Waals surface area contributed by atoms with E-state index in [4.69, 9.17) is 5.73 Å². The van der Waals surface area contributed by atoms with Gasteiger partial charge in [0.05, 0.1) is 0 Å². The zero-order valence-electron chi connectivity index (χ0n) is 9.56. The van der Waals surface area contributed by atoms with Crippen molar-refractivity contribution in [1.29, 1.82) is 0 Å². The molecule has 0 aliphatic rings. The molecule has 1 aromatic carbocycles. The minimum atomic E-state index is -3.89. The van der Waals surface area contributed by atoms with E-state index in [-0.39, 0.29) is 12.2 Å². The van der Waals surface area contributed by atoms with Crippen LogP contribution in [0.2, 0.25) is 0 Å². The average Bonchev–Trinajstić information content (AvgIpc) is 2.72. The summed E-state index contributed by atoms with van der Waals surface area (Å²) in [4.78, 5) is 0.420. The van der Waals surface area contributed by atoms with E-state index < -0.39 is 20.7 Å². The summed E-state index contributed by atoms with van der Waals surface area (Å²) in [5.41, 5.74) is 5.56. The molecule has 1 heterocycles. The molecule has 0 saturated heterocycles. The van der Waals surface area contributed by atoms with Gasteiger partial charge in [0.1, 0.15) is 10.7 Å². The quantitative estimate of drug-likeness (QED) is 0.819. The standard InChI is InChI=1S/C11H10BrFN2O2S2/c12-7-3-9(18-6-7)5-15-19(16,17)11-2-1-8(14)4-10(11)13/h1-4,6,15H,5,14H2. The number of rotatable bonds is 4. The number of hydrogen-bond donors (Lipinski definition) is 2. The van der Waals surface area contributed by atoms with Crippen molar-refractivity contribution in [3.63, 3.8) is 0 Å². The zero-order chi connectivity index (χ0) is 14.0. The summed E-state index contributed by atoms with van der Waals surface area (Å²) in [6, 6.07) is 5.28. The molecule has 19 heavy (non-hydrogen) atoms. The van der Waals surface area contributed by atoms with E-state index in [9.17, 15) is 12.8 Å². The fourth-order valence-corrected chi connectivity index (χ4v) is 3.97. The van der Waals surface area contributed by atoms with Crippen LogP contribution in [0.25, 0.3) is 0 Å². The third-order valence-electron chi connectivity index (χ3n) is 2.30. The first-order chi connectivity index (χ1) is 8.88. The van der Waals surface area contributed by atoms with E-state index in [0.29, 0.717) is 0 Å². The van der Waals surface area contributed by atoms with Gasteiger partial charge in [0, 0.05) is 27.0 Å². The van der Waals surface area contributed by atoms with E-state index in [0.717, 1.165) is 21.5 Å². The molecular weight excluding hydrogens is 355 g/mol. The van der Waals surface area contributed by atoms with Crippen molar-refractivity contribution in [1.82, 2.24) is 4.72 Å². The summed E-state index contributed by atoms with van der Waals surface area (Å²) in [7, 11) is -3.89. The summed E-state index contributed by atoms with van der Waals surface area (Å²) < 4.78 is 40.7. The molecule has 102 valence electrons. The number of nitrogens with two attached hydrogens (primary N) is 1. The van der Waals surface area contributed by atoms with Gasteiger partial charge in [-0.3, -0.25) is 0 Å². The van der Waals surface area contributed by atoms with Gasteiger partial charge in [-0.15, -0.1) is 11.3 Å². The van der Waals surface area contributed by atoms with Crippen molar-refractivity contribution >= 4 is 43.0 Å². The molecule has 2 aromatic rings. The maximum Gasteiger partial charge on any atom is 0.243 e. The van der Waals surface area contributed by atoms with E-state index in [1.807, 2.05) is 5.38 Å². The normalized spacial score (nSPS) is 11.7. The Morgan fingerprint density at radius 2 is 2.11 bits per heavy atom. The largest absolute Gasteiger partial charge is 0.399 e. The van der Waals surface area contributed by atoms with Crippen molar-refractivity contribution < 1.29 is 12.8 Å². The molecule has 0 aliphatic heterocycles. The number of nitrogen functional groups attached to an aromatic ring is 1. The molecular formula is C11H10BrFN2O2S2. The van der Waals surface area contributed by atoms with Crippen molar-refractivity contribution in [3.8, 4) is 0 Å². The van der Waals surface area contributed by atoms with Gasteiger partial charge >= 0.3 is 0 Å². The molecule has 3 N–H and O–H groups in total. The smallest absolute Gasteiger partial charge is 0.243 e. The van der Waals surface area contributed by atoms with E-state index in [1.54, 1.807) is 6.07 Å². The van der Waals surface area contributed by atoms with Gasteiger partial charge < -0.3 is 5.73 Å². The second-order valence-corrected chi connectivity index (χ2v) is 7.39. The molecule has 0 saturated carbocycles. The lowest BCUT2D eigenvalue weighted by atomic mass is 10.3. The number of halogens is 2. The summed E-state index contributed by atoms with van der Waals surface area (Å²) in [6.07, 6.45) is 0. The number of hydrogen-bond acceptors (Lipinski definition) is 4. The van der Waals surface area contributed by atoms with Crippen LogP contribution in [0.3, 0.4) is 0 Å². The van der Waals surface area contributed by atoms with Gasteiger partial charge in [0.15, 0.2) is 0 Å². The monoisotopic (exact) mass is 364 g/mol. The number of anilines is 1. The number of thiophene rings is 1. The SMILES string of the molecule is Nc1ccc(S(=O)(=O)NCc2cc(Br)cs2)c(F)c1. The first-order valence-corrected chi connectivity index (χ1v) is 8.32. The van der Waals surface area contributed by atoms with Crippen LogP contribution in [-0.4, -0.2) is 8.42 Å². The molecule has 0 fully saturated rings. The van der Waals surface area contributed by atoms with E-state index in [2.05, 4.69) is 20.7 Å².